The van der Waals surface area contributed by atoms with Gasteiger partial charge in [-0.1, -0.05) is 19.9 Å². The van der Waals surface area contributed by atoms with Crippen molar-refractivity contribution in [2.45, 2.75) is 103 Å². The fourth-order valence-corrected chi connectivity index (χ4v) is 7.79. The summed E-state index contributed by atoms with van der Waals surface area (Å²) in [4.78, 5) is 38.8. The Hall–Kier alpha value is -1.99. The van der Waals surface area contributed by atoms with Gasteiger partial charge in [-0.15, -0.1) is 0 Å². The Kier molecular flexibility index (Phi) is 12.1. The van der Waals surface area contributed by atoms with Crippen molar-refractivity contribution in [1.29, 1.82) is 0 Å². The Morgan fingerprint density at radius 3 is 2.43 bits per heavy atom. The molecule has 0 aliphatic carbocycles. The van der Waals surface area contributed by atoms with Gasteiger partial charge in [-0.05, 0) is 79.2 Å². The van der Waals surface area contributed by atoms with E-state index in [0.29, 0.717) is 18.8 Å². The molecule has 3 fully saturated rings. The minimum Gasteiger partial charge on any atom is -0.463 e. The highest BCUT2D eigenvalue weighted by Gasteiger charge is 2.52. The number of ketones is 1. The van der Waals surface area contributed by atoms with Gasteiger partial charge < -0.3 is 29.0 Å². The molecule has 1 N–H and O–H groups in total. The van der Waals surface area contributed by atoms with Crippen LogP contribution in [0.2, 0.25) is 0 Å². The Labute approximate surface area is 275 Å². The highest BCUT2D eigenvalue weighted by Crippen LogP contribution is 2.38. The first-order valence-corrected chi connectivity index (χ1v) is 16.8. The fourth-order valence-electron chi connectivity index (χ4n) is 7.79. The molecule has 11 heteroatoms. The van der Waals surface area contributed by atoms with Crippen LogP contribution in [0.5, 0.6) is 0 Å². The molecular weight excluding hydrogens is 588 g/mol. The van der Waals surface area contributed by atoms with Crippen molar-refractivity contribution in [2.75, 3.05) is 54.5 Å². The number of hydrogen-bond donors (Lipinski definition) is 1. The number of carbonyl (C=O) groups is 2. The van der Waals surface area contributed by atoms with E-state index < -0.39 is 41.4 Å². The van der Waals surface area contributed by atoms with Gasteiger partial charge in [-0.3, -0.25) is 24.4 Å². The van der Waals surface area contributed by atoms with Crippen LogP contribution < -0.4 is 0 Å². The van der Waals surface area contributed by atoms with E-state index in [-0.39, 0.29) is 36.5 Å². The molecule has 1 unspecified atom stereocenters. The van der Waals surface area contributed by atoms with Crippen LogP contribution in [-0.2, 0) is 35.1 Å². The van der Waals surface area contributed by atoms with Gasteiger partial charge in [0.05, 0.1) is 17.8 Å². The molecule has 0 radical (unpaired) electrons. The third-order valence-corrected chi connectivity index (χ3v) is 10.6. The molecule has 3 aliphatic rings. The average molecular weight is 647 g/mol. The van der Waals surface area contributed by atoms with E-state index in [2.05, 4.69) is 34.8 Å². The van der Waals surface area contributed by atoms with E-state index in [0.717, 1.165) is 26.2 Å². The Balaban J connectivity index is 1.59. The molecule has 4 heterocycles. The first-order valence-electron chi connectivity index (χ1n) is 16.8. The highest BCUT2D eigenvalue weighted by molar-refractivity contribution is 6.04. The summed E-state index contributed by atoms with van der Waals surface area (Å²) in [5, 5.41) is 11.3. The van der Waals surface area contributed by atoms with Gasteiger partial charge in [0.15, 0.2) is 12.1 Å². The molecule has 0 saturated carbocycles. The number of hydrogen-bond acceptors (Lipinski definition) is 11. The van der Waals surface area contributed by atoms with Crippen molar-refractivity contribution >= 4 is 11.8 Å². The zero-order valence-electron chi connectivity index (χ0n) is 29.6. The quantitative estimate of drug-likeness (QED) is 0.349. The summed E-state index contributed by atoms with van der Waals surface area (Å²) >= 11 is 0. The third kappa shape index (κ3) is 8.17. The molecule has 0 amide bonds. The van der Waals surface area contributed by atoms with Crippen LogP contribution in [-0.4, -0.2) is 133 Å². The van der Waals surface area contributed by atoms with Crippen LogP contribution in [0, 0.1) is 23.2 Å². The SMILES string of the molecule is CO[C@]1(C)C[C@@H](C)CN(C)C(C2CN(Cc3cccnc3)C2)COC(=O)C(C)(C)C(=O)[C@H](C)[C@H]1O[C@@H]1O[C@H](C)C[C@H](N(C)C)[C@H]1O. The number of aliphatic hydroxyl groups excluding tert-OH is 1. The van der Waals surface area contributed by atoms with Crippen LogP contribution in [0.15, 0.2) is 24.5 Å². The summed E-state index contributed by atoms with van der Waals surface area (Å²) in [6, 6.07) is 3.86. The molecule has 0 aromatic carbocycles. The maximum absolute atomic E-state index is 14.2. The van der Waals surface area contributed by atoms with Gasteiger partial charge in [0.25, 0.3) is 0 Å². The number of carbonyl (C=O) groups excluding carboxylic acids is 2. The topological polar surface area (TPSA) is 114 Å². The number of aliphatic hydroxyl groups is 1. The second kappa shape index (κ2) is 15.1. The molecule has 46 heavy (non-hydrogen) atoms. The largest absolute Gasteiger partial charge is 0.463 e. The third-order valence-electron chi connectivity index (χ3n) is 10.6. The summed E-state index contributed by atoms with van der Waals surface area (Å²) in [5.74, 6) is -1.14. The number of cyclic esters (lactones) is 1. The molecule has 3 aliphatic heterocycles. The van der Waals surface area contributed by atoms with Crippen LogP contribution in [0.3, 0.4) is 0 Å². The molecule has 3 saturated heterocycles. The van der Waals surface area contributed by atoms with Gasteiger partial charge in [0.2, 0.25) is 0 Å². The van der Waals surface area contributed by atoms with Crippen LogP contribution in [0.1, 0.15) is 59.9 Å². The number of rotatable bonds is 7. The molecule has 0 spiro atoms. The molecule has 9 atom stereocenters. The molecule has 1 aromatic heterocycles. The standard InChI is InChI=1S/C35H58N4O7/c1-22-15-35(6,43-10)31(46-32-29(40)27(37(7)8)14-23(2)45-32)24(3)30(41)34(4,5)33(42)44-21-28(38(9)17-22)26-19-39(20-26)18-25-12-11-13-36-16-25/h11-13,16,22-24,26-29,31-32,40H,14-15,17-21H2,1-10H3/t22-,23-,24+,27+,28?,29-,31-,32+,35-/m1/s1. The lowest BCUT2D eigenvalue weighted by molar-refractivity contribution is -0.295. The number of Topliss-reactive ketones (excluding diaryl/α,β-unsaturated/α-hetero) is 1. The van der Waals surface area contributed by atoms with E-state index in [1.54, 1.807) is 34.1 Å². The predicted octanol–water partition coefficient (Wildman–Crippen LogP) is 2.84. The van der Waals surface area contributed by atoms with Crippen LogP contribution in [0.4, 0.5) is 0 Å². The lowest BCUT2D eigenvalue weighted by atomic mass is 9.74. The van der Waals surface area contributed by atoms with E-state index >= 15 is 0 Å². The second-order valence-corrected chi connectivity index (χ2v) is 15.2. The smallest absolute Gasteiger partial charge is 0.319 e. The van der Waals surface area contributed by atoms with Crippen molar-refractivity contribution in [3.8, 4) is 0 Å². The van der Waals surface area contributed by atoms with Crippen molar-refractivity contribution in [3.63, 3.8) is 0 Å². The Bertz CT molecular complexity index is 1160. The Morgan fingerprint density at radius 2 is 1.83 bits per heavy atom. The van der Waals surface area contributed by atoms with E-state index in [4.69, 9.17) is 18.9 Å². The monoisotopic (exact) mass is 646 g/mol. The van der Waals surface area contributed by atoms with Crippen molar-refractivity contribution < 1.29 is 33.6 Å². The lowest BCUT2D eigenvalue weighted by Gasteiger charge is -2.47. The summed E-state index contributed by atoms with van der Waals surface area (Å²) in [5.41, 5.74) is -1.17. The molecule has 0 bridgehead atoms. The first-order chi connectivity index (χ1) is 21.6. The predicted molar refractivity (Wildman–Crippen MR) is 175 cm³/mol. The molecular formula is C35H58N4O7. The van der Waals surface area contributed by atoms with Gasteiger partial charge in [-0.2, -0.15) is 0 Å². The number of esters is 1. The molecule has 1 aromatic rings. The molecule has 11 nitrogen and oxygen atoms in total. The maximum atomic E-state index is 14.2. The number of nitrogens with zero attached hydrogens (tertiary/aromatic N) is 4. The second-order valence-electron chi connectivity index (χ2n) is 15.2. The zero-order chi connectivity index (χ0) is 34.0. The summed E-state index contributed by atoms with van der Waals surface area (Å²) < 4.78 is 25.0. The molecule has 4 rings (SSSR count). The van der Waals surface area contributed by atoms with Gasteiger partial charge in [-0.25, -0.2) is 0 Å². The Morgan fingerprint density at radius 1 is 1.13 bits per heavy atom. The summed E-state index contributed by atoms with van der Waals surface area (Å²) in [6.45, 7) is 14.7. The number of likely N-dealkylation sites (N-methyl/N-ethyl adjacent to an activating group) is 2. The lowest BCUT2D eigenvalue weighted by Crippen LogP contribution is -2.59. The van der Waals surface area contributed by atoms with E-state index in [9.17, 15) is 14.7 Å². The zero-order valence-corrected chi connectivity index (χ0v) is 29.6. The van der Waals surface area contributed by atoms with Crippen LogP contribution in [0.25, 0.3) is 0 Å². The van der Waals surface area contributed by atoms with Gasteiger partial charge in [0, 0.05) is 69.6 Å². The number of aromatic nitrogens is 1. The average Bonchev–Trinajstić information content (AvgIpc) is 2.98. The minimum atomic E-state index is -1.42. The van der Waals surface area contributed by atoms with Gasteiger partial charge >= 0.3 is 5.97 Å². The number of methoxy groups -OCH3 is 1. The van der Waals surface area contributed by atoms with E-state index in [1.165, 1.54) is 5.56 Å². The summed E-state index contributed by atoms with van der Waals surface area (Å²) in [7, 11) is 7.58. The maximum Gasteiger partial charge on any atom is 0.319 e. The first kappa shape index (κ1) is 36.8. The minimum absolute atomic E-state index is 0.00304. The summed E-state index contributed by atoms with van der Waals surface area (Å²) in [6.07, 6.45) is 2.07. The van der Waals surface area contributed by atoms with Crippen molar-refractivity contribution in [1.82, 2.24) is 19.7 Å². The van der Waals surface area contributed by atoms with Crippen molar-refractivity contribution in [3.05, 3.63) is 30.1 Å². The normalized spacial score (nSPS) is 37.6. The highest BCUT2D eigenvalue weighted by atomic mass is 16.7. The number of likely N-dealkylation sites (tertiary alicyclic amines) is 1. The number of pyridine rings is 1. The fraction of sp³-hybridized carbons (Fsp3) is 0.800. The van der Waals surface area contributed by atoms with Crippen LogP contribution >= 0.6 is 0 Å². The number of ether oxygens (including phenoxy) is 4. The molecule has 260 valence electrons. The van der Waals surface area contributed by atoms with Gasteiger partial charge in [0.1, 0.15) is 18.1 Å². The van der Waals surface area contributed by atoms with Crippen molar-refractivity contribution in [2.24, 2.45) is 23.2 Å². The van der Waals surface area contributed by atoms with E-state index in [1.807, 2.05) is 45.1 Å².